The van der Waals surface area contributed by atoms with Crippen molar-refractivity contribution in [1.82, 2.24) is 0 Å². The fourth-order valence-electron chi connectivity index (χ4n) is 10.00. The molecule has 0 radical (unpaired) electrons. The maximum absolute atomic E-state index is 14.3. The van der Waals surface area contributed by atoms with Gasteiger partial charge in [0.1, 0.15) is 0 Å². The van der Waals surface area contributed by atoms with Crippen LogP contribution in [0.5, 0.6) is 0 Å². The van der Waals surface area contributed by atoms with Crippen LogP contribution in [0.25, 0.3) is 0 Å². The second-order valence-electron chi connectivity index (χ2n) is 13.5. The molecule has 1 heterocycles. The summed E-state index contributed by atoms with van der Waals surface area (Å²) in [6.07, 6.45) is 7.01. The van der Waals surface area contributed by atoms with Crippen molar-refractivity contribution in [1.29, 1.82) is 0 Å². The number of nitrogens with two attached hydrogens (primary N) is 1. The number of carbonyl (C=O) groups is 3. The Balaban J connectivity index is 1.46. The summed E-state index contributed by atoms with van der Waals surface area (Å²) in [6, 6.07) is 5.64. The number of sulfonamides is 1. The monoisotopic (exact) mass is 554 g/mol. The molecule has 0 unspecified atom stereocenters. The molecule has 7 rings (SSSR count). The molecule has 2 amide bonds. The molecule has 1 aromatic carbocycles. The zero-order chi connectivity index (χ0) is 28.3. The number of imide groups is 1. The van der Waals surface area contributed by atoms with E-state index in [1.807, 2.05) is 6.92 Å². The van der Waals surface area contributed by atoms with E-state index in [4.69, 9.17) is 5.14 Å². The van der Waals surface area contributed by atoms with Crippen LogP contribution in [0.1, 0.15) is 66.2 Å². The molecule has 2 bridgehead atoms. The average molecular weight is 555 g/mol. The van der Waals surface area contributed by atoms with Gasteiger partial charge < -0.3 is 5.11 Å². The number of carboxylic acid groups (broad SMARTS) is 1. The van der Waals surface area contributed by atoms with Crippen LogP contribution in [0.15, 0.2) is 40.8 Å². The number of amides is 2. The first kappa shape index (κ1) is 26.7. The maximum atomic E-state index is 14.3. The predicted molar refractivity (Wildman–Crippen MR) is 145 cm³/mol. The molecule has 1 aromatic rings. The molecule has 9 heteroatoms. The van der Waals surface area contributed by atoms with E-state index in [0.29, 0.717) is 18.5 Å². The van der Waals surface area contributed by atoms with E-state index in [1.54, 1.807) is 0 Å². The quantitative estimate of drug-likeness (QED) is 0.420. The van der Waals surface area contributed by atoms with E-state index in [-0.39, 0.29) is 45.8 Å². The molecule has 4 fully saturated rings. The summed E-state index contributed by atoms with van der Waals surface area (Å²) in [5.74, 6) is -1.80. The Bertz CT molecular complexity index is 1420. The minimum absolute atomic E-state index is 0.0228. The van der Waals surface area contributed by atoms with Crippen molar-refractivity contribution in [2.75, 3.05) is 4.90 Å². The number of anilines is 1. The van der Waals surface area contributed by atoms with Crippen molar-refractivity contribution in [2.24, 2.45) is 56.9 Å². The van der Waals surface area contributed by atoms with E-state index in [0.717, 1.165) is 25.7 Å². The van der Waals surface area contributed by atoms with Gasteiger partial charge in [-0.25, -0.2) is 13.6 Å². The molecule has 6 aliphatic rings. The van der Waals surface area contributed by atoms with E-state index >= 15 is 0 Å². The van der Waals surface area contributed by atoms with Gasteiger partial charge in [-0.05, 0) is 92.4 Å². The summed E-state index contributed by atoms with van der Waals surface area (Å²) in [5, 5.41) is 15.5. The van der Waals surface area contributed by atoms with Crippen molar-refractivity contribution < 1.29 is 27.9 Å². The van der Waals surface area contributed by atoms with Gasteiger partial charge in [-0.2, -0.15) is 0 Å². The third kappa shape index (κ3) is 3.38. The number of carbonyl (C=O) groups excluding carboxylic acids is 2. The lowest BCUT2D eigenvalue weighted by molar-refractivity contribution is -0.194. The number of nitrogens with zero attached hydrogens (tertiary/aromatic N) is 1. The van der Waals surface area contributed by atoms with Gasteiger partial charge in [-0.15, -0.1) is 0 Å². The largest absolute Gasteiger partial charge is 0.481 e. The molecule has 8 atom stereocenters. The van der Waals surface area contributed by atoms with Crippen molar-refractivity contribution in [2.45, 2.75) is 71.1 Å². The summed E-state index contributed by atoms with van der Waals surface area (Å²) in [4.78, 5) is 42.1. The molecule has 39 heavy (non-hydrogen) atoms. The Labute approximate surface area is 230 Å². The minimum Gasteiger partial charge on any atom is -0.481 e. The van der Waals surface area contributed by atoms with E-state index in [9.17, 15) is 27.9 Å². The average Bonchev–Trinajstić information content (AvgIpc) is 3.14. The van der Waals surface area contributed by atoms with Crippen LogP contribution in [0.4, 0.5) is 5.69 Å². The van der Waals surface area contributed by atoms with Crippen LogP contribution in [-0.4, -0.2) is 31.3 Å². The third-order valence-corrected chi connectivity index (χ3v) is 12.5. The lowest BCUT2D eigenvalue weighted by atomic mass is 9.34. The Kier molecular flexibility index (Phi) is 5.65. The number of hydrogen-bond acceptors (Lipinski definition) is 5. The van der Waals surface area contributed by atoms with Crippen LogP contribution in [0.2, 0.25) is 0 Å². The normalized spacial score (nSPS) is 41.2. The molecular weight excluding hydrogens is 516 g/mol. The van der Waals surface area contributed by atoms with Gasteiger partial charge in [0.15, 0.2) is 0 Å². The number of fused-ring (bicyclic) bond motifs is 1. The summed E-state index contributed by atoms with van der Waals surface area (Å²) >= 11 is 0. The van der Waals surface area contributed by atoms with E-state index in [2.05, 4.69) is 26.8 Å². The molecule has 3 N–H and O–H groups in total. The zero-order valence-corrected chi connectivity index (χ0v) is 23.8. The Morgan fingerprint density at radius 1 is 1.05 bits per heavy atom. The highest BCUT2D eigenvalue weighted by molar-refractivity contribution is 7.89. The predicted octanol–water partition coefficient (Wildman–Crippen LogP) is 4.35. The number of carboxylic acids is 1. The Morgan fingerprint density at radius 2 is 1.72 bits per heavy atom. The number of aliphatic carboxylic acids is 1. The molecule has 1 spiro atoms. The molecule has 0 aromatic heterocycles. The van der Waals surface area contributed by atoms with Crippen LogP contribution < -0.4 is 10.0 Å². The van der Waals surface area contributed by atoms with Crippen LogP contribution in [0, 0.1) is 51.8 Å². The summed E-state index contributed by atoms with van der Waals surface area (Å²) < 4.78 is 23.5. The maximum Gasteiger partial charge on any atom is 0.309 e. The molecule has 5 aliphatic carbocycles. The number of rotatable bonds is 4. The van der Waals surface area contributed by atoms with Crippen molar-refractivity contribution in [3.63, 3.8) is 0 Å². The number of benzene rings is 1. The SMILES string of the molecule is CC(C)C1=C[C@@]23CC[C@H]4[C@](C)(CCC[C@@]4(C)C(=O)O)[C@@H]2C[C@H]1[C@@H]1C(=O)N(c2ccc(S(N)(=O)=O)cc2)C(=O)[C@H]13. The summed E-state index contributed by atoms with van der Waals surface area (Å²) in [7, 11) is -3.90. The first-order valence-electron chi connectivity index (χ1n) is 14.1. The molecular formula is C30H38N2O6S. The van der Waals surface area contributed by atoms with E-state index in [1.165, 1.54) is 34.7 Å². The van der Waals surface area contributed by atoms with Gasteiger partial charge in [0, 0.05) is 5.41 Å². The highest BCUT2D eigenvalue weighted by Gasteiger charge is 2.73. The summed E-state index contributed by atoms with van der Waals surface area (Å²) in [6.45, 7) is 8.46. The molecule has 1 aliphatic heterocycles. The standard InChI is InChI=1S/C30H38N2O6S/c1-16(2)20-15-30-13-10-21-28(3,11-5-12-29(21,4)27(35)36)22(30)14-19(20)23-24(30)26(34)32(25(23)33)17-6-8-18(9-7-17)39(31,37)38/h6-9,15-16,19,21-24H,5,10-14H2,1-4H3,(H,35,36)(H2,31,37,38)/t19-,21+,22+,23+,24+,28+,29-,30+/m1/s1. The van der Waals surface area contributed by atoms with Gasteiger partial charge in [0.05, 0.1) is 27.8 Å². The van der Waals surface area contributed by atoms with Crippen molar-refractivity contribution in [3.8, 4) is 0 Å². The molecule has 3 saturated carbocycles. The van der Waals surface area contributed by atoms with Crippen LogP contribution in [0.3, 0.4) is 0 Å². The molecule has 1 saturated heterocycles. The fourth-order valence-corrected chi connectivity index (χ4v) is 10.5. The Morgan fingerprint density at radius 3 is 2.31 bits per heavy atom. The zero-order valence-electron chi connectivity index (χ0n) is 23.0. The van der Waals surface area contributed by atoms with Crippen molar-refractivity contribution in [3.05, 3.63) is 35.9 Å². The van der Waals surface area contributed by atoms with Crippen LogP contribution >= 0.6 is 0 Å². The first-order chi connectivity index (χ1) is 18.2. The highest BCUT2D eigenvalue weighted by atomic mass is 32.2. The third-order valence-electron chi connectivity index (χ3n) is 11.6. The fraction of sp³-hybridized carbons (Fsp3) is 0.633. The van der Waals surface area contributed by atoms with Gasteiger partial charge in [-0.3, -0.25) is 19.3 Å². The summed E-state index contributed by atoms with van der Waals surface area (Å²) in [5.41, 5.74) is 0.0882. The second kappa shape index (κ2) is 8.26. The van der Waals surface area contributed by atoms with Gasteiger partial charge >= 0.3 is 5.97 Å². The number of primary sulfonamides is 1. The highest BCUT2D eigenvalue weighted by Crippen LogP contribution is 2.74. The topological polar surface area (TPSA) is 135 Å². The van der Waals surface area contributed by atoms with E-state index < -0.39 is 38.7 Å². The smallest absolute Gasteiger partial charge is 0.309 e. The number of hydrogen-bond donors (Lipinski definition) is 2. The minimum atomic E-state index is -3.90. The van der Waals surface area contributed by atoms with Gasteiger partial charge in [-0.1, -0.05) is 38.8 Å². The lowest BCUT2D eigenvalue weighted by Crippen LogP contribution is -2.65. The van der Waals surface area contributed by atoms with Gasteiger partial charge in [0.2, 0.25) is 21.8 Å². The molecule has 8 nitrogen and oxygen atoms in total. The first-order valence-corrected chi connectivity index (χ1v) is 15.7. The van der Waals surface area contributed by atoms with Crippen molar-refractivity contribution >= 4 is 33.5 Å². The Hall–Kier alpha value is -2.52. The van der Waals surface area contributed by atoms with Gasteiger partial charge in [0.25, 0.3) is 0 Å². The number of allylic oxidation sites excluding steroid dienone is 2. The lowest BCUT2D eigenvalue weighted by Gasteiger charge is -2.68. The molecule has 210 valence electrons. The van der Waals surface area contributed by atoms with Crippen LogP contribution in [-0.2, 0) is 24.4 Å². The second-order valence-corrected chi connectivity index (χ2v) is 15.1.